The summed E-state index contributed by atoms with van der Waals surface area (Å²) in [5.74, 6) is 1.12. The van der Waals surface area contributed by atoms with Crippen molar-refractivity contribution in [1.82, 2.24) is 5.32 Å². The van der Waals surface area contributed by atoms with Gasteiger partial charge in [-0.2, -0.15) is 11.8 Å². The zero-order chi connectivity index (χ0) is 7.11. The Morgan fingerprint density at radius 1 is 1.67 bits per heavy atom. The van der Waals surface area contributed by atoms with E-state index in [1.807, 2.05) is 18.8 Å². The number of hydrogen-bond donors (Lipinski definition) is 2. The van der Waals surface area contributed by atoms with Crippen molar-refractivity contribution in [3.05, 3.63) is 0 Å². The summed E-state index contributed by atoms with van der Waals surface area (Å²) < 4.78 is 0. The fraction of sp³-hybridized carbons (Fsp3) is 1.00. The van der Waals surface area contributed by atoms with Crippen molar-refractivity contribution >= 4 is 11.8 Å². The minimum absolute atomic E-state index is 0.247. The number of thioether (sulfide) groups is 1. The first-order valence-electron chi connectivity index (χ1n) is 3.12. The molecule has 0 aliphatic heterocycles. The van der Waals surface area contributed by atoms with Crippen LogP contribution < -0.4 is 5.32 Å². The molecule has 0 aliphatic carbocycles. The number of aliphatic hydroxyl groups is 1. The summed E-state index contributed by atoms with van der Waals surface area (Å²) in [5, 5.41) is 11.7. The molecule has 0 radical (unpaired) electrons. The zero-order valence-corrected chi connectivity index (χ0v) is 6.87. The summed E-state index contributed by atoms with van der Waals surface area (Å²) >= 11 is 1.81. The minimum Gasteiger partial charge on any atom is -0.395 e. The van der Waals surface area contributed by atoms with Crippen LogP contribution in [0.25, 0.3) is 0 Å². The Morgan fingerprint density at radius 3 is 2.67 bits per heavy atom. The number of aliphatic hydroxyl groups excluding tert-OH is 1. The molecule has 0 unspecified atom stereocenters. The van der Waals surface area contributed by atoms with Gasteiger partial charge in [-0.3, -0.25) is 0 Å². The van der Waals surface area contributed by atoms with Gasteiger partial charge in [-0.1, -0.05) is 0 Å². The molecule has 2 nitrogen and oxygen atoms in total. The summed E-state index contributed by atoms with van der Waals surface area (Å²) in [4.78, 5) is 0. The van der Waals surface area contributed by atoms with Crippen LogP contribution in [0.15, 0.2) is 0 Å². The van der Waals surface area contributed by atoms with E-state index in [2.05, 4.69) is 11.6 Å². The minimum atomic E-state index is 0.247. The van der Waals surface area contributed by atoms with Crippen LogP contribution in [-0.4, -0.2) is 36.8 Å². The Morgan fingerprint density at radius 2 is 2.33 bits per heavy atom. The molecule has 3 heteroatoms. The van der Waals surface area contributed by atoms with E-state index in [1.54, 1.807) is 0 Å². The molecule has 1 atom stereocenters. The Labute approximate surface area is 61.0 Å². The van der Waals surface area contributed by atoms with E-state index in [1.165, 1.54) is 0 Å². The number of rotatable bonds is 5. The van der Waals surface area contributed by atoms with Crippen LogP contribution in [0.3, 0.4) is 0 Å². The molecule has 0 spiro atoms. The molecule has 0 aliphatic rings. The lowest BCUT2D eigenvalue weighted by Crippen LogP contribution is -2.29. The van der Waals surface area contributed by atoms with Crippen molar-refractivity contribution in [2.75, 3.05) is 25.7 Å². The van der Waals surface area contributed by atoms with Gasteiger partial charge in [-0.25, -0.2) is 0 Å². The predicted molar refractivity (Wildman–Crippen MR) is 42.9 cm³/mol. The standard InChI is InChI=1S/C6H15NOS/c1-7-6(5-8)3-4-9-2/h6-8H,3-5H2,1-2H3/t6-/m1/s1. The largest absolute Gasteiger partial charge is 0.395 e. The van der Waals surface area contributed by atoms with Gasteiger partial charge in [0, 0.05) is 6.04 Å². The van der Waals surface area contributed by atoms with Crippen LogP contribution in [0.1, 0.15) is 6.42 Å². The molecule has 0 saturated carbocycles. The third-order valence-electron chi connectivity index (χ3n) is 1.30. The van der Waals surface area contributed by atoms with E-state index in [0.717, 1.165) is 12.2 Å². The van der Waals surface area contributed by atoms with E-state index in [4.69, 9.17) is 5.11 Å². The van der Waals surface area contributed by atoms with Crippen molar-refractivity contribution in [3.8, 4) is 0 Å². The molecule has 0 heterocycles. The highest BCUT2D eigenvalue weighted by Crippen LogP contribution is 1.98. The van der Waals surface area contributed by atoms with Gasteiger partial charge in [-0.15, -0.1) is 0 Å². The molecule has 0 fully saturated rings. The molecule has 56 valence electrons. The van der Waals surface area contributed by atoms with Gasteiger partial charge in [0.15, 0.2) is 0 Å². The van der Waals surface area contributed by atoms with Crippen LogP contribution in [0.4, 0.5) is 0 Å². The summed E-state index contributed by atoms with van der Waals surface area (Å²) in [6.45, 7) is 0.247. The maximum absolute atomic E-state index is 8.68. The van der Waals surface area contributed by atoms with E-state index in [-0.39, 0.29) is 12.6 Å². The summed E-state index contributed by atoms with van der Waals surface area (Å²) in [5.41, 5.74) is 0. The average molecular weight is 149 g/mol. The lowest BCUT2D eigenvalue weighted by atomic mass is 10.2. The number of likely N-dealkylation sites (N-methyl/N-ethyl adjacent to an activating group) is 1. The topological polar surface area (TPSA) is 32.3 Å². The number of hydrogen-bond acceptors (Lipinski definition) is 3. The molecule has 0 amide bonds. The maximum atomic E-state index is 8.68. The molecule has 9 heavy (non-hydrogen) atoms. The van der Waals surface area contributed by atoms with Crippen LogP contribution in [0.5, 0.6) is 0 Å². The Bertz CT molecular complexity index is 57.0. The first-order chi connectivity index (χ1) is 4.35. The molecular formula is C6H15NOS. The van der Waals surface area contributed by atoms with Gasteiger partial charge in [0.25, 0.3) is 0 Å². The lowest BCUT2D eigenvalue weighted by Gasteiger charge is -2.10. The third kappa shape index (κ3) is 4.75. The van der Waals surface area contributed by atoms with Crippen molar-refractivity contribution in [2.24, 2.45) is 0 Å². The molecule has 0 bridgehead atoms. The van der Waals surface area contributed by atoms with Crippen molar-refractivity contribution in [3.63, 3.8) is 0 Å². The maximum Gasteiger partial charge on any atom is 0.0584 e. The van der Waals surface area contributed by atoms with Gasteiger partial charge in [0.2, 0.25) is 0 Å². The summed E-state index contributed by atoms with van der Waals surface area (Å²) in [7, 11) is 1.88. The smallest absolute Gasteiger partial charge is 0.0584 e. The van der Waals surface area contributed by atoms with Crippen molar-refractivity contribution in [2.45, 2.75) is 12.5 Å². The highest BCUT2D eigenvalue weighted by Gasteiger charge is 2.00. The molecule has 0 aromatic rings. The van der Waals surface area contributed by atoms with Crippen LogP contribution >= 0.6 is 11.8 Å². The first kappa shape index (κ1) is 9.27. The van der Waals surface area contributed by atoms with E-state index in [9.17, 15) is 0 Å². The second-order valence-electron chi connectivity index (χ2n) is 1.95. The van der Waals surface area contributed by atoms with E-state index >= 15 is 0 Å². The second kappa shape index (κ2) is 6.39. The predicted octanol–water partition coefficient (Wildman–Crippen LogP) is 0.320. The van der Waals surface area contributed by atoms with Crippen LogP contribution in [0.2, 0.25) is 0 Å². The first-order valence-corrected chi connectivity index (χ1v) is 4.51. The average Bonchev–Trinajstić information content (AvgIpc) is 1.91. The van der Waals surface area contributed by atoms with Gasteiger partial charge in [0.05, 0.1) is 6.61 Å². The fourth-order valence-corrected chi connectivity index (χ4v) is 1.11. The van der Waals surface area contributed by atoms with E-state index < -0.39 is 0 Å². The molecule has 2 N–H and O–H groups in total. The SMILES string of the molecule is CN[C@@H](CO)CCSC. The van der Waals surface area contributed by atoms with Crippen LogP contribution in [0, 0.1) is 0 Å². The molecule has 0 aromatic heterocycles. The van der Waals surface area contributed by atoms with Crippen molar-refractivity contribution < 1.29 is 5.11 Å². The van der Waals surface area contributed by atoms with Gasteiger partial charge in [0.1, 0.15) is 0 Å². The Balaban J connectivity index is 3.09. The third-order valence-corrected chi connectivity index (χ3v) is 1.94. The second-order valence-corrected chi connectivity index (χ2v) is 2.94. The van der Waals surface area contributed by atoms with Gasteiger partial charge < -0.3 is 10.4 Å². The van der Waals surface area contributed by atoms with Crippen LogP contribution in [-0.2, 0) is 0 Å². The van der Waals surface area contributed by atoms with Gasteiger partial charge in [-0.05, 0) is 25.5 Å². The Kier molecular flexibility index (Phi) is 6.58. The highest BCUT2D eigenvalue weighted by molar-refractivity contribution is 7.98. The number of nitrogens with one attached hydrogen (secondary N) is 1. The Hall–Kier alpha value is 0.270. The normalized spacial score (nSPS) is 13.7. The monoisotopic (exact) mass is 149 g/mol. The lowest BCUT2D eigenvalue weighted by molar-refractivity contribution is 0.246. The molecule has 0 rings (SSSR count). The summed E-state index contributed by atoms with van der Waals surface area (Å²) in [6.07, 6.45) is 3.12. The van der Waals surface area contributed by atoms with E-state index in [0.29, 0.717) is 0 Å². The van der Waals surface area contributed by atoms with Crippen molar-refractivity contribution in [1.29, 1.82) is 0 Å². The molecule has 0 aromatic carbocycles. The van der Waals surface area contributed by atoms with Gasteiger partial charge >= 0.3 is 0 Å². The quantitative estimate of drug-likeness (QED) is 0.590. The zero-order valence-electron chi connectivity index (χ0n) is 6.05. The summed E-state index contributed by atoms with van der Waals surface area (Å²) in [6, 6.07) is 0.289. The molecule has 0 saturated heterocycles. The molecular weight excluding hydrogens is 134 g/mol. The highest BCUT2D eigenvalue weighted by atomic mass is 32.2. The fourth-order valence-electron chi connectivity index (χ4n) is 0.587.